The fourth-order valence-electron chi connectivity index (χ4n) is 2.33. The predicted molar refractivity (Wildman–Crippen MR) is 82.4 cm³/mol. The van der Waals surface area contributed by atoms with Gasteiger partial charge in [-0.2, -0.15) is 0 Å². The Balaban J connectivity index is 1.81. The van der Waals surface area contributed by atoms with Crippen LogP contribution in [0.2, 0.25) is 0 Å². The number of anilines is 1. The highest BCUT2D eigenvalue weighted by atomic mass is 19.1. The van der Waals surface area contributed by atoms with E-state index < -0.39 is 11.6 Å². The SMILES string of the molecule is Cc1cc(F)c(NCc2ccc3ccccc3c2)cc1F. The normalized spacial score (nSPS) is 10.8. The molecule has 0 atom stereocenters. The first kappa shape index (κ1) is 13.6. The van der Waals surface area contributed by atoms with E-state index >= 15 is 0 Å². The molecular formula is C18H15F2N. The third kappa shape index (κ3) is 2.87. The first-order valence-corrected chi connectivity index (χ1v) is 6.81. The van der Waals surface area contributed by atoms with Gasteiger partial charge in [-0.15, -0.1) is 0 Å². The van der Waals surface area contributed by atoms with Crippen LogP contribution < -0.4 is 5.32 Å². The molecule has 0 saturated heterocycles. The van der Waals surface area contributed by atoms with Crippen LogP contribution in [0.1, 0.15) is 11.1 Å². The summed E-state index contributed by atoms with van der Waals surface area (Å²) in [7, 11) is 0. The van der Waals surface area contributed by atoms with Gasteiger partial charge in [-0.05, 0) is 41.0 Å². The molecule has 21 heavy (non-hydrogen) atoms. The maximum absolute atomic E-state index is 13.8. The Morgan fingerprint density at radius 2 is 1.62 bits per heavy atom. The van der Waals surface area contributed by atoms with Gasteiger partial charge in [-0.1, -0.05) is 36.4 Å². The maximum atomic E-state index is 13.8. The number of nitrogens with one attached hydrogen (secondary N) is 1. The molecule has 0 radical (unpaired) electrons. The summed E-state index contributed by atoms with van der Waals surface area (Å²) >= 11 is 0. The van der Waals surface area contributed by atoms with Crippen LogP contribution in [0.5, 0.6) is 0 Å². The van der Waals surface area contributed by atoms with Gasteiger partial charge < -0.3 is 5.32 Å². The van der Waals surface area contributed by atoms with Crippen molar-refractivity contribution in [1.29, 1.82) is 0 Å². The summed E-state index contributed by atoms with van der Waals surface area (Å²) in [4.78, 5) is 0. The van der Waals surface area contributed by atoms with Gasteiger partial charge in [0, 0.05) is 12.6 Å². The Morgan fingerprint density at radius 1 is 0.857 bits per heavy atom. The second-order valence-corrected chi connectivity index (χ2v) is 5.12. The number of aryl methyl sites for hydroxylation is 1. The quantitative estimate of drug-likeness (QED) is 0.710. The summed E-state index contributed by atoms with van der Waals surface area (Å²) in [5.74, 6) is -0.841. The van der Waals surface area contributed by atoms with Gasteiger partial charge in [0.2, 0.25) is 0 Å². The molecule has 3 heteroatoms. The summed E-state index contributed by atoms with van der Waals surface area (Å²) < 4.78 is 27.2. The monoisotopic (exact) mass is 283 g/mol. The Kier molecular flexibility index (Phi) is 3.57. The summed E-state index contributed by atoms with van der Waals surface area (Å²) in [6.07, 6.45) is 0. The van der Waals surface area contributed by atoms with E-state index in [0.717, 1.165) is 16.3 Å². The van der Waals surface area contributed by atoms with Gasteiger partial charge in [0.25, 0.3) is 0 Å². The number of rotatable bonds is 3. The first-order chi connectivity index (χ1) is 10.1. The van der Waals surface area contributed by atoms with Crippen molar-refractivity contribution < 1.29 is 8.78 Å². The van der Waals surface area contributed by atoms with Crippen molar-refractivity contribution >= 4 is 16.5 Å². The van der Waals surface area contributed by atoms with E-state index in [2.05, 4.69) is 5.32 Å². The second-order valence-electron chi connectivity index (χ2n) is 5.12. The largest absolute Gasteiger partial charge is 0.379 e. The molecule has 3 aromatic carbocycles. The van der Waals surface area contributed by atoms with E-state index in [4.69, 9.17) is 0 Å². The molecule has 0 spiro atoms. The van der Waals surface area contributed by atoms with Crippen molar-refractivity contribution in [3.05, 3.63) is 77.4 Å². The van der Waals surface area contributed by atoms with Crippen molar-refractivity contribution in [2.45, 2.75) is 13.5 Å². The molecule has 0 saturated carbocycles. The van der Waals surface area contributed by atoms with Crippen LogP contribution in [0.25, 0.3) is 10.8 Å². The van der Waals surface area contributed by atoms with Crippen LogP contribution >= 0.6 is 0 Å². The molecule has 0 amide bonds. The zero-order valence-electron chi connectivity index (χ0n) is 11.7. The molecular weight excluding hydrogens is 268 g/mol. The van der Waals surface area contributed by atoms with Crippen LogP contribution in [0.4, 0.5) is 14.5 Å². The lowest BCUT2D eigenvalue weighted by Gasteiger charge is -2.10. The molecule has 0 unspecified atom stereocenters. The van der Waals surface area contributed by atoms with Crippen LogP contribution in [-0.4, -0.2) is 0 Å². The maximum Gasteiger partial charge on any atom is 0.146 e. The highest BCUT2D eigenvalue weighted by molar-refractivity contribution is 5.83. The van der Waals surface area contributed by atoms with Crippen molar-refractivity contribution in [1.82, 2.24) is 0 Å². The number of benzene rings is 3. The topological polar surface area (TPSA) is 12.0 Å². The van der Waals surface area contributed by atoms with E-state index in [0.29, 0.717) is 12.1 Å². The average Bonchev–Trinajstić information content (AvgIpc) is 2.49. The molecule has 0 aromatic heterocycles. The van der Waals surface area contributed by atoms with E-state index in [1.54, 1.807) is 6.92 Å². The summed E-state index contributed by atoms with van der Waals surface area (Å²) in [6, 6.07) is 16.5. The van der Waals surface area contributed by atoms with Crippen molar-refractivity contribution in [2.24, 2.45) is 0 Å². The zero-order valence-corrected chi connectivity index (χ0v) is 11.7. The lowest BCUT2D eigenvalue weighted by atomic mass is 10.1. The van der Waals surface area contributed by atoms with Crippen LogP contribution in [0.3, 0.4) is 0 Å². The molecule has 1 nitrogen and oxygen atoms in total. The Labute approximate surface area is 122 Å². The molecule has 3 rings (SSSR count). The standard InChI is InChI=1S/C18H15F2N/c1-12-8-17(20)18(10-16(12)19)21-11-13-6-7-14-4-2-3-5-15(14)9-13/h2-10,21H,11H2,1H3. The fraction of sp³-hybridized carbons (Fsp3) is 0.111. The van der Waals surface area contributed by atoms with E-state index in [1.165, 1.54) is 12.1 Å². The molecule has 0 aliphatic carbocycles. The molecule has 0 heterocycles. The third-order valence-corrected chi connectivity index (χ3v) is 3.55. The minimum Gasteiger partial charge on any atom is -0.379 e. The van der Waals surface area contributed by atoms with Gasteiger partial charge >= 0.3 is 0 Å². The summed E-state index contributed by atoms with van der Waals surface area (Å²) in [5, 5.41) is 5.24. The van der Waals surface area contributed by atoms with Gasteiger partial charge in [0.1, 0.15) is 11.6 Å². The molecule has 1 N–H and O–H groups in total. The molecule has 106 valence electrons. The molecule has 3 aromatic rings. The van der Waals surface area contributed by atoms with Crippen LogP contribution in [0, 0.1) is 18.6 Å². The number of fused-ring (bicyclic) bond motifs is 1. The average molecular weight is 283 g/mol. The van der Waals surface area contributed by atoms with Crippen LogP contribution in [-0.2, 0) is 6.54 Å². The van der Waals surface area contributed by atoms with Crippen molar-refractivity contribution in [2.75, 3.05) is 5.32 Å². The highest BCUT2D eigenvalue weighted by Gasteiger charge is 2.07. The van der Waals surface area contributed by atoms with E-state index in [-0.39, 0.29) is 5.69 Å². The molecule has 0 aliphatic heterocycles. The Morgan fingerprint density at radius 3 is 2.43 bits per heavy atom. The minimum atomic E-state index is -0.435. The van der Waals surface area contributed by atoms with Crippen LogP contribution in [0.15, 0.2) is 54.6 Å². The van der Waals surface area contributed by atoms with Gasteiger partial charge in [-0.25, -0.2) is 8.78 Å². The van der Waals surface area contributed by atoms with Gasteiger partial charge in [0.05, 0.1) is 5.69 Å². The Bertz CT molecular complexity index is 796. The van der Waals surface area contributed by atoms with Crippen molar-refractivity contribution in [3.63, 3.8) is 0 Å². The summed E-state index contributed by atoms with van der Waals surface area (Å²) in [6.45, 7) is 2.00. The lowest BCUT2D eigenvalue weighted by Crippen LogP contribution is -2.02. The van der Waals surface area contributed by atoms with Crippen molar-refractivity contribution in [3.8, 4) is 0 Å². The molecule has 0 aliphatic rings. The number of hydrogen-bond donors (Lipinski definition) is 1. The molecule has 0 bridgehead atoms. The fourth-order valence-corrected chi connectivity index (χ4v) is 2.33. The van der Waals surface area contributed by atoms with E-state index in [9.17, 15) is 8.78 Å². The van der Waals surface area contributed by atoms with Gasteiger partial charge in [0.15, 0.2) is 0 Å². The highest BCUT2D eigenvalue weighted by Crippen LogP contribution is 2.21. The number of halogens is 2. The predicted octanol–water partition coefficient (Wildman–Crippen LogP) is 5.04. The Hall–Kier alpha value is -2.42. The van der Waals surface area contributed by atoms with Gasteiger partial charge in [-0.3, -0.25) is 0 Å². The third-order valence-electron chi connectivity index (χ3n) is 3.55. The smallest absolute Gasteiger partial charge is 0.146 e. The molecule has 0 fully saturated rings. The zero-order chi connectivity index (χ0) is 14.8. The lowest BCUT2D eigenvalue weighted by molar-refractivity contribution is 0.594. The minimum absolute atomic E-state index is 0.186. The second kappa shape index (κ2) is 5.52. The number of hydrogen-bond acceptors (Lipinski definition) is 1. The van der Waals surface area contributed by atoms with E-state index in [1.807, 2.05) is 42.5 Å². The summed E-state index contributed by atoms with van der Waals surface area (Å²) in [5.41, 5.74) is 1.52. The first-order valence-electron chi connectivity index (χ1n) is 6.81.